The molecule has 0 amide bonds. The van der Waals surface area contributed by atoms with E-state index >= 15 is 0 Å². The number of nitrogens with one attached hydrogen (secondary N) is 1. The molecule has 0 bridgehead atoms. The van der Waals surface area contributed by atoms with Crippen molar-refractivity contribution in [3.8, 4) is 5.88 Å². The fourth-order valence-corrected chi connectivity index (χ4v) is 2.60. The highest BCUT2D eigenvalue weighted by Gasteiger charge is 2.18. The maximum absolute atomic E-state index is 5.74. The van der Waals surface area contributed by atoms with E-state index < -0.39 is 0 Å². The molecule has 0 radical (unpaired) electrons. The molecule has 5 heteroatoms. The summed E-state index contributed by atoms with van der Waals surface area (Å²) in [4.78, 5) is 6.75. The molecule has 1 saturated carbocycles. The second-order valence-electron chi connectivity index (χ2n) is 5.14. The van der Waals surface area contributed by atoms with Gasteiger partial charge in [0.15, 0.2) is 0 Å². The minimum atomic E-state index is 0.481. The molecule has 1 fully saturated rings. The number of nitrogens with zero attached hydrogens (tertiary/aromatic N) is 2. The van der Waals surface area contributed by atoms with E-state index in [0.717, 1.165) is 24.9 Å². The molecule has 1 heterocycles. The molecule has 106 valence electrons. The van der Waals surface area contributed by atoms with Gasteiger partial charge < -0.3 is 20.7 Å². The summed E-state index contributed by atoms with van der Waals surface area (Å²) in [5, 5.41) is 3.31. The number of hydrogen-bond donors (Lipinski definition) is 2. The third-order valence-electron chi connectivity index (χ3n) is 3.80. The zero-order chi connectivity index (χ0) is 13.7. The first-order chi connectivity index (χ1) is 9.20. The first-order valence-corrected chi connectivity index (χ1v) is 6.95. The summed E-state index contributed by atoms with van der Waals surface area (Å²) < 4.78 is 5.11. The first kappa shape index (κ1) is 13.9. The van der Waals surface area contributed by atoms with Crippen molar-refractivity contribution in [3.05, 3.63) is 12.1 Å². The van der Waals surface area contributed by atoms with Crippen molar-refractivity contribution in [2.24, 2.45) is 0 Å². The van der Waals surface area contributed by atoms with Crippen LogP contribution >= 0.6 is 0 Å². The minimum Gasteiger partial charge on any atom is -0.479 e. The third kappa shape index (κ3) is 3.73. The Morgan fingerprint density at radius 2 is 2.16 bits per heavy atom. The van der Waals surface area contributed by atoms with Crippen molar-refractivity contribution in [3.63, 3.8) is 0 Å². The molecule has 1 aromatic rings. The lowest BCUT2D eigenvalue weighted by atomic mass is 10.2. The van der Waals surface area contributed by atoms with Crippen molar-refractivity contribution < 1.29 is 4.74 Å². The molecule has 0 atom stereocenters. The zero-order valence-corrected chi connectivity index (χ0v) is 11.9. The summed E-state index contributed by atoms with van der Waals surface area (Å²) >= 11 is 0. The number of likely N-dealkylation sites (N-methyl/N-ethyl adjacent to an activating group) is 1. The number of hydrogen-bond acceptors (Lipinski definition) is 5. The van der Waals surface area contributed by atoms with Gasteiger partial charge in [-0.15, -0.1) is 0 Å². The molecular weight excluding hydrogens is 240 g/mol. The van der Waals surface area contributed by atoms with Gasteiger partial charge in [-0.2, -0.15) is 4.98 Å². The molecule has 0 aliphatic heterocycles. The van der Waals surface area contributed by atoms with Crippen LogP contribution in [0.1, 0.15) is 25.7 Å². The molecule has 2 rings (SSSR count). The number of anilines is 2. The number of methoxy groups -OCH3 is 1. The van der Waals surface area contributed by atoms with E-state index in [-0.39, 0.29) is 0 Å². The average Bonchev–Trinajstić information content (AvgIpc) is 2.94. The number of rotatable bonds is 6. The topological polar surface area (TPSA) is 63.4 Å². The number of aromatic nitrogens is 1. The normalized spacial score (nSPS) is 15.9. The smallest absolute Gasteiger partial charge is 0.238 e. The maximum atomic E-state index is 5.74. The number of nitrogen functional groups attached to an aromatic ring is 1. The van der Waals surface area contributed by atoms with Crippen LogP contribution in [0.5, 0.6) is 5.88 Å². The van der Waals surface area contributed by atoms with E-state index in [2.05, 4.69) is 22.2 Å². The van der Waals surface area contributed by atoms with E-state index in [1.807, 2.05) is 12.1 Å². The number of ether oxygens (including phenoxy) is 1. The molecular formula is C14H24N4O. The maximum Gasteiger partial charge on any atom is 0.238 e. The van der Waals surface area contributed by atoms with Crippen LogP contribution < -0.4 is 15.8 Å². The predicted octanol–water partition coefficient (Wildman–Crippen LogP) is 1.96. The largest absolute Gasteiger partial charge is 0.479 e. The molecule has 0 aromatic carbocycles. The van der Waals surface area contributed by atoms with Crippen LogP contribution in [0, 0.1) is 0 Å². The molecule has 0 saturated heterocycles. The Bertz CT molecular complexity index is 404. The van der Waals surface area contributed by atoms with Gasteiger partial charge in [0.2, 0.25) is 5.88 Å². The second-order valence-corrected chi connectivity index (χ2v) is 5.14. The van der Waals surface area contributed by atoms with Crippen LogP contribution in [0.4, 0.5) is 11.5 Å². The molecule has 1 aliphatic rings. The zero-order valence-electron chi connectivity index (χ0n) is 11.9. The van der Waals surface area contributed by atoms with E-state index in [1.54, 1.807) is 7.11 Å². The van der Waals surface area contributed by atoms with Crippen molar-refractivity contribution in [2.75, 3.05) is 38.3 Å². The average molecular weight is 264 g/mol. The highest BCUT2D eigenvalue weighted by Crippen LogP contribution is 2.22. The Morgan fingerprint density at radius 3 is 2.84 bits per heavy atom. The Morgan fingerprint density at radius 1 is 1.42 bits per heavy atom. The summed E-state index contributed by atoms with van der Waals surface area (Å²) in [6.07, 6.45) is 5.42. The quantitative estimate of drug-likeness (QED) is 0.822. The summed E-state index contributed by atoms with van der Waals surface area (Å²) in [7, 11) is 3.78. The molecule has 3 N–H and O–H groups in total. The van der Waals surface area contributed by atoms with Crippen molar-refractivity contribution in [1.29, 1.82) is 0 Å². The van der Waals surface area contributed by atoms with Crippen LogP contribution in [0.2, 0.25) is 0 Å². The van der Waals surface area contributed by atoms with Crippen LogP contribution in [0.15, 0.2) is 12.1 Å². The monoisotopic (exact) mass is 264 g/mol. The molecule has 5 nitrogen and oxygen atoms in total. The lowest BCUT2D eigenvalue weighted by Gasteiger charge is -2.24. The van der Waals surface area contributed by atoms with Crippen LogP contribution in [0.25, 0.3) is 0 Å². The third-order valence-corrected chi connectivity index (χ3v) is 3.80. The highest BCUT2D eigenvalue weighted by atomic mass is 16.5. The van der Waals surface area contributed by atoms with Crippen LogP contribution in [-0.4, -0.2) is 43.2 Å². The number of pyridine rings is 1. The van der Waals surface area contributed by atoms with Gasteiger partial charge in [-0.3, -0.25) is 0 Å². The molecule has 19 heavy (non-hydrogen) atoms. The SMILES string of the molecule is COc1nc(NCCN(C)C2CCCC2)ccc1N. The molecule has 1 aliphatic carbocycles. The minimum absolute atomic E-state index is 0.481. The van der Waals surface area contributed by atoms with E-state index in [4.69, 9.17) is 10.5 Å². The standard InChI is InChI=1S/C14H24N4O/c1-18(11-5-3-4-6-11)10-9-16-13-8-7-12(15)14(17-13)19-2/h7-8,11H,3-6,9-10,15H2,1-2H3,(H,16,17). The molecule has 1 aromatic heterocycles. The van der Waals surface area contributed by atoms with Gasteiger partial charge in [0.25, 0.3) is 0 Å². The van der Waals surface area contributed by atoms with Gasteiger partial charge in [-0.05, 0) is 32.0 Å². The Balaban J connectivity index is 1.78. The Labute approximate surface area is 115 Å². The van der Waals surface area contributed by atoms with Gasteiger partial charge in [0.1, 0.15) is 5.82 Å². The van der Waals surface area contributed by atoms with Crippen LogP contribution in [-0.2, 0) is 0 Å². The Hall–Kier alpha value is -1.49. The summed E-state index contributed by atoms with van der Waals surface area (Å²) in [6, 6.07) is 4.46. The van der Waals surface area contributed by atoms with Gasteiger partial charge in [-0.1, -0.05) is 12.8 Å². The predicted molar refractivity (Wildman–Crippen MR) is 78.6 cm³/mol. The summed E-state index contributed by atoms with van der Waals surface area (Å²) in [6.45, 7) is 1.91. The van der Waals surface area contributed by atoms with Gasteiger partial charge in [0.05, 0.1) is 12.8 Å². The van der Waals surface area contributed by atoms with Gasteiger partial charge in [-0.25, -0.2) is 0 Å². The molecule has 0 spiro atoms. The first-order valence-electron chi connectivity index (χ1n) is 6.95. The van der Waals surface area contributed by atoms with Gasteiger partial charge >= 0.3 is 0 Å². The van der Waals surface area contributed by atoms with Crippen molar-refractivity contribution >= 4 is 11.5 Å². The van der Waals surface area contributed by atoms with E-state index in [1.165, 1.54) is 25.7 Å². The van der Waals surface area contributed by atoms with Crippen molar-refractivity contribution in [1.82, 2.24) is 9.88 Å². The van der Waals surface area contributed by atoms with E-state index in [0.29, 0.717) is 11.6 Å². The van der Waals surface area contributed by atoms with Crippen LogP contribution in [0.3, 0.4) is 0 Å². The van der Waals surface area contributed by atoms with E-state index in [9.17, 15) is 0 Å². The number of nitrogens with two attached hydrogens (primary N) is 1. The lowest BCUT2D eigenvalue weighted by Crippen LogP contribution is -2.33. The van der Waals surface area contributed by atoms with Gasteiger partial charge in [0, 0.05) is 19.1 Å². The summed E-state index contributed by atoms with van der Waals surface area (Å²) in [5.41, 5.74) is 6.30. The fourth-order valence-electron chi connectivity index (χ4n) is 2.60. The second kappa shape index (κ2) is 6.61. The molecule has 0 unspecified atom stereocenters. The highest BCUT2D eigenvalue weighted by molar-refractivity contribution is 5.53. The van der Waals surface area contributed by atoms with Crippen molar-refractivity contribution in [2.45, 2.75) is 31.7 Å². The summed E-state index contributed by atoms with van der Waals surface area (Å²) in [5.74, 6) is 1.29. The lowest BCUT2D eigenvalue weighted by molar-refractivity contribution is 0.254. The fraction of sp³-hybridized carbons (Fsp3) is 0.643. The Kier molecular flexibility index (Phi) is 4.85.